The quantitative estimate of drug-likeness (QED) is 0.475. The van der Waals surface area contributed by atoms with Gasteiger partial charge in [0.25, 0.3) is 5.91 Å². The van der Waals surface area contributed by atoms with Crippen molar-refractivity contribution in [3.63, 3.8) is 0 Å². The zero-order chi connectivity index (χ0) is 23.8. The molecule has 0 heterocycles. The van der Waals surface area contributed by atoms with Crippen LogP contribution in [0.15, 0.2) is 36.4 Å². The molecule has 0 saturated carbocycles. The number of carbonyl (C=O) groups excluding carboxylic acids is 2. The van der Waals surface area contributed by atoms with Crippen LogP contribution in [0.25, 0.3) is 0 Å². The Labute approximate surface area is 201 Å². The van der Waals surface area contributed by atoms with Gasteiger partial charge in [-0.2, -0.15) is 0 Å². The molecule has 1 N–H and O–H groups in total. The van der Waals surface area contributed by atoms with Gasteiger partial charge in [0.2, 0.25) is 5.91 Å². The lowest BCUT2D eigenvalue weighted by Crippen LogP contribution is -2.51. The summed E-state index contributed by atoms with van der Waals surface area (Å²) in [6.07, 6.45) is 1.27. The molecule has 2 rings (SSSR count). The second-order valence-electron chi connectivity index (χ2n) is 8.01. The fourth-order valence-electron chi connectivity index (χ4n) is 3.39. The zero-order valence-corrected chi connectivity index (χ0v) is 20.9. The molecule has 2 aromatic carbocycles. The third kappa shape index (κ3) is 6.88. The third-order valence-electron chi connectivity index (χ3n) is 5.46. The summed E-state index contributed by atoms with van der Waals surface area (Å²) in [6, 6.07) is 10.3. The number of ether oxygens (including phenoxy) is 1. The van der Waals surface area contributed by atoms with E-state index in [-0.39, 0.29) is 31.0 Å². The fraction of sp³-hybridized carbons (Fsp3) is 0.440. The summed E-state index contributed by atoms with van der Waals surface area (Å²) >= 11 is 12.6. The van der Waals surface area contributed by atoms with Gasteiger partial charge >= 0.3 is 0 Å². The SMILES string of the molecule is CC[C@H](C(=O)N[C@@H](C)CC)N(Cc1ccccc1Cl)C(=O)COc1cc(C)c(Cl)c(C)c1. The van der Waals surface area contributed by atoms with Crippen LogP contribution in [-0.4, -0.2) is 35.4 Å². The smallest absolute Gasteiger partial charge is 0.261 e. The van der Waals surface area contributed by atoms with Gasteiger partial charge in [-0.3, -0.25) is 9.59 Å². The van der Waals surface area contributed by atoms with Crippen LogP contribution < -0.4 is 10.1 Å². The highest BCUT2D eigenvalue weighted by Gasteiger charge is 2.30. The van der Waals surface area contributed by atoms with Gasteiger partial charge in [0.05, 0.1) is 0 Å². The van der Waals surface area contributed by atoms with E-state index in [9.17, 15) is 9.59 Å². The van der Waals surface area contributed by atoms with Crippen molar-refractivity contribution in [3.8, 4) is 5.75 Å². The van der Waals surface area contributed by atoms with Gasteiger partial charge in [-0.15, -0.1) is 0 Å². The van der Waals surface area contributed by atoms with Crippen LogP contribution in [0.1, 0.15) is 50.3 Å². The molecule has 0 aliphatic rings. The van der Waals surface area contributed by atoms with E-state index in [0.717, 1.165) is 23.1 Å². The van der Waals surface area contributed by atoms with Crippen LogP contribution in [0.2, 0.25) is 10.0 Å². The molecular weight excluding hydrogens is 447 g/mol. The normalized spacial score (nSPS) is 12.7. The summed E-state index contributed by atoms with van der Waals surface area (Å²) in [7, 11) is 0. The van der Waals surface area contributed by atoms with E-state index in [1.165, 1.54) is 0 Å². The molecule has 0 saturated heterocycles. The number of nitrogens with zero attached hydrogens (tertiary/aromatic N) is 1. The number of hydrogen-bond acceptors (Lipinski definition) is 3. The molecule has 0 spiro atoms. The molecule has 2 amide bonds. The molecule has 2 aromatic rings. The van der Waals surface area contributed by atoms with Crippen molar-refractivity contribution in [2.45, 2.75) is 66.1 Å². The maximum atomic E-state index is 13.3. The molecule has 174 valence electrons. The Morgan fingerprint density at radius 1 is 1.06 bits per heavy atom. The number of hydrogen-bond donors (Lipinski definition) is 1. The van der Waals surface area contributed by atoms with Crippen molar-refractivity contribution in [2.24, 2.45) is 0 Å². The predicted molar refractivity (Wildman–Crippen MR) is 130 cm³/mol. The lowest BCUT2D eigenvalue weighted by molar-refractivity contribution is -0.143. The largest absolute Gasteiger partial charge is 0.484 e. The summed E-state index contributed by atoms with van der Waals surface area (Å²) in [6.45, 7) is 9.63. The van der Waals surface area contributed by atoms with E-state index in [0.29, 0.717) is 22.2 Å². The first-order chi connectivity index (χ1) is 15.2. The van der Waals surface area contributed by atoms with E-state index in [1.807, 2.05) is 52.8 Å². The topological polar surface area (TPSA) is 58.6 Å². The number of amides is 2. The summed E-state index contributed by atoms with van der Waals surface area (Å²) in [5, 5.41) is 4.22. The Kier molecular flexibility index (Phi) is 9.85. The number of halogens is 2. The van der Waals surface area contributed by atoms with Crippen LogP contribution in [0.4, 0.5) is 0 Å². The molecule has 7 heteroatoms. The predicted octanol–water partition coefficient (Wildman–Crippen LogP) is 5.71. The van der Waals surface area contributed by atoms with E-state index in [1.54, 1.807) is 23.1 Å². The first-order valence-electron chi connectivity index (χ1n) is 10.9. The number of aryl methyl sites for hydroxylation is 2. The van der Waals surface area contributed by atoms with E-state index in [2.05, 4.69) is 5.32 Å². The van der Waals surface area contributed by atoms with Crippen molar-refractivity contribution in [1.82, 2.24) is 10.2 Å². The van der Waals surface area contributed by atoms with Gasteiger partial charge in [-0.1, -0.05) is 55.2 Å². The lowest BCUT2D eigenvalue weighted by atomic mass is 10.1. The van der Waals surface area contributed by atoms with Crippen molar-refractivity contribution >= 4 is 35.0 Å². The van der Waals surface area contributed by atoms with Gasteiger partial charge in [0.1, 0.15) is 11.8 Å². The molecule has 0 bridgehead atoms. The molecule has 5 nitrogen and oxygen atoms in total. The average Bonchev–Trinajstić information content (AvgIpc) is 2.76. The third-order valence-corrected chi connectivity index (χ3v) is 6.42. The molecule has 32 heavy (non-hydrogen) atoms. The average molecular weight is 479 g/mol. The Balaban J connectivity index is 2.26. The van der Waals surface area contributed by atoms with E-state index >= 15 is 0 Å². The van der Waals surface area contributed by atoms with Gasteiger partial charge < -0.3 is 15.0 Å². The highest BCUT2D eigenvalue weighted by atomic mass is 35.5. The minimum absolute atomic E-state index is 0.0186. The van der Waals surface area contributed by atoms with Gasteiger partial charge in [-0.05, 0) is 68.5 Å². The van der Waals surface area contributed by atoms with Gasteiger partial charge in [0, 0.05) is 22.6 Å². The summed E-state index contributed by atoms with van der Waals surface area (Å²) in [5.74, 6) is 0.0920. The highest BCUT2D eigenvalue weighted by molar-refractivity contribution is 6.32. The van der Waals surface area contributed by atoms with Crippen LogP contribution in [0, 0.1) is 13.8 Å². The van der Waals surface area contributed by atoms with E-state index < -0.39 is 6.04 Å². The van der Waals surface area contributed by atoms with Crippen molar-refractivity contribution < 1.29 is 14.3 Å². The minimum Gasteiger partial charge on any atom is -0.484 e. The van der Waals surface area contributed by atoms with E-state index in [4.69, 9.17) is 27.9 Å². The maximum absolute atomic E-state index is 13.3. The Morgan fingerprint density at radius 2 is 1.69 bits per heavy atom. The number of benzene rings is 2. The minimum atomic E-state index is -0.634. The number of nitrogens with one attached hydrogen (secondary N) is 1. The zero-order valence-electron chi connectivity index (χ0n) is 19.4. The Bertz CT molecular complexity index is 926. The monoisotopic (exact) mass is 478 g/mol. The summed E-state index contributed by atoms with van der Waals surface area (Å²) in [5.41, 5.74) is 2.53. The fourth-order valence-corrected chi connectivity index (χ4v) is 3.69. The second-order valence-corrected chi connectivity index (χ2v) is 8.80. The molecular formula is C25H32Cl2N2O3. The van der Waals surface area contributed by atoms with Crippen LogP contribution in [0.3, 0.4) is 0 Å². The van der Waals surface area contributed by atoms with Crippen LogP contribution in [0.5, 0.6) is 5.75 Å². The molecule has 0 aliphatic heterocycles. The standard InChI is InChI=1S/C25H32Cl2N2O3/c1-6-18(5)28-25(31)22(7-2)29(14-19-10-8-9-11-21(19)26)23(30)15-32-20-12-16(3)24(27)17(4)13-20/h8-13,18,22H,6-7,14-15H2,1-5H3,(H,28,31)/t18-,22+/m0/s1. The lowest BCUT2D eigenvalue weighted by Gasteiger charge is -2.31. The molecule has 2 atom stereocenters. The molecule has 0 unspecified atom stereocenters. The number of rotatable bonds is 10. The van der Waals surface area contributed by atoms with Crippen molar-refractivity contribution in [3.05, 3.63) is 63.1 Å². The van der Waals surface area contributed by atoms with Gasteiger partial charge in [0.15, 0.2) is 6.61 Å². The molecule has 0 fully saturated rings. The summed E-state index contributed by atoms with van der Waals surface area (Å²) < 4.78 is 5.80. The molecule has 0 aromatic heterocycles. The first kappa shape index (κ1) is 26.0. The van der Waals surface area contributed by atoms with Gasteiger partial charge in [-0.25, -0.2) is 0 Å². The Morgan fingerprint density at radius 3 is 2.25 bits per heavy atom. The number of carbonyl (C=O) groups is 2. The highest BCUT2D eigenvalue weighted by Crippen LogP contribution is 2.26. The molecule has 0 radical (unpaired) electrons. The van der Waals surface area contributed by atoms with Crippen molar-refractivity contribution in [2.75, 3.05) is 6.61 Å². The maximum Gasteiger partial charge on any atom is 0.261 e. The summed E-state index contributed by atoms with van der Waals surface area (Å²) in [4.78, 5) is 27.8. The van der Waals surface area contributed by atoms with Crippen LogP contribution in [-0.2, 0) is 16.1 Å². The Hall–Kier alpha value is -2.24. The second kappa shape index (κ2) is 12.1. The van der Waals surface area contributed by atoms with Crippen molar-refractivity contribution in [1.29, 1.82) is 0 Å². The molecule has 0 aliphatic carbocycles. The first-order valence-corrected chi connectivity index (χ1v) is 11.7. The van der Waals surface area contributed by atoms with Crippen LogP contribution >= 0.6 is 23.2 Å².